The second kappa shape index (κ2) is 3.16. The van der Waals surface area contributed by atoms with Gasteiger partial charge in [0.2, 0.25) is 11.6 Å². The molecule has 0 atom stereocenters. The van der Waals surface area contributed by atoms with Crippen LogP contribution in [0.15, 0.2) is 23.5 Å². The summed E-state index contributed by atoms with van der Waals surface area (Å²) < 4.78 is 0. The molecule has 0 spiro atoms. The largest absolute Gasteiger partial charge is 0.394 e. The fourth-order valence-corrected chi connectivity index (χ4v) is 1.99. The molecule has 0 aromatic carbocycles. The van der Waals surface area contributed by atoms with Crippen molar-refractivity contribution in [2.45, 2.75) is 6.92 Å². The molecule has 0 amide bonds. The highest BCUT2D eigenvalue weighted by Crippen LogP contribution is 2.28. The second-order valence-electron chi connectivity index (χ2n) is 4.26. The summed E-state index contributed by atoms with van der Waals surface area (Å²) in [5, 5.41) is 0. The maximum Gasteiger partial charge on any atom is 0.229 e. The van der Waals surface area contributed by atoms with Gasteiger partial charge in [0.1, 0.15) is 17.1 Å². The van der Waals surface area contributed by atoms with E-state index in [1.165, 1.54) is 0 Å². The minimum atomic E-state index is -0.342. The lowest BCUT2D eigenvalue weighted by Crippen LogP contribution is -2.30. The van der Waals surface area contributed by atoms with E-state index in [1.807, 2.05) is 0 Å². The van der Waals surface area contributed by atoms with Crippen LogP contribution in [0.3, 0.4) is 0 Å². The van der Waals surface area contributed by atoms with Gasteiger partial charge >= 0.3 is 0 Å². The summed E-state index contributed by atoms with van der Waals surface area (Å²) in [6.07, 6.45) is 0. The van der Waals surface area contributed by atoms with Crippen LogP contribution in [0.2, 0.25) is 0 Å². The molecule has 1 aliphatic carbocycles. The number of hydrogen-bond donors (Lipinski definition) is 1. The summed E-state index contributed by atoms with van der Waals surface area (Å²) in [5.41, 5.74) is 7.35. The van der Waals surface area contributed by atoms with Crippen LogP contribution >= 0.6 is 0 Å². The molecule has 2 N–H and O–H groups in total. The summed E-state index contributed by atoms with van der Waals surface area (Å²) in [6.45, 7) is 3.34. The monoisotopic (exact) mass is 229 g/mol. The Morgan fingerprint density at radius 2 is 1.94 bits per heavy atom. The number of pyridine rings is 1. The van der Waals surface area contributed by atoms with Crippen LogP contribution < -0.4 is 5.73 Å². The molecule has 1 aromatic rings. The Morgan fingerprint density at radius 1 is 1.24 bits per heavy atom. The van der Waals surface area contributed by atoms with Gasteiger partial charge < -0.3 is 10.6 Å². The van der Waals surface area contributed by atoms with Crippen molar-refractivity contribution in [1.82, 2.24) is 9.88 Å². The van der Waals surface area contributed by atoms with Crippen molar-refractivity contribution >= 4 is 11.6 Å². The first kappa shape index (κ1) is 10.0. The molecular formula is C12H11N3O2. The molecule has 3 rings (SSSR count). The van der Waals surface area contributed by atoms with Crippen molar-refractivity contribution in [1.29, 1.82) is 0 Å². The normalized spacial score (nSPS) is 18.5. The first-order valence-electron chi connectivity index (χ1n) is 5.41. The van der Waals surface area contributed by atoms with E-state index in [4.69, 9.17) is 5.73 Å². The number of aromatic nitrogens is 1. The van der Waals surface area contributed by atoms with Crippen LogP contribution in [0.1, 0.15) is 26.5 Å². The minimum absolute atomic E-state index is 0.0260. The smallest absolute Gasteiger partial charge is 0.229 e. The zero-order valence-corrected chi connectivity index (χ0v) is 9.36. The summed E-state index contributed by atoms with van der Waals surface area (Å²) in [6, 6.07) is 3.37. The highest BCUT2D eigenvalue weighted by Gasteiger charge is 2.38. The number of carbonyl (C=O) groups is 2. The molecule has 1 aromatic heterocycles. The Hall–Kier alpha value is -2.17. The average molecular weight is 229 g/mol. The van der Waals surface area contributed by atoms with E-state index >= 15 is 0 Å². The lowest BCUT2D eigenvalue weighted by Gasteiger charge is -2.18. The van der Waals surface area contributed by atoms with Crippen molar-refractivity contribution in [3.63, 3.8) is 0 Å². The second-order valence-corrected chi connectivity index (χ2v) is 4.26. The lowest BCUT2D eigenvalue weighted by molar-refractivity contribution is 0.0955. The Balaban J connectivity index is 2.21. The third-order valence-corrected chi connectivity index (χ3v) is 2.97. The van der Waals surface area contributed by atoms with Crippen LogP contribution in [-0.2, 0) is 0 Å². The molecule has 1 saturated heterocycles. The predicted octanol–water partition coefficient (Wildman–Crippen LogP) is 0.255. The number of hydrogen-bond acceptors (Lipinski definition) is 5. The molecule has 2 heterocycles. The Bertz CT molecular complexity index is 585. The van der Waals surface area contributed by atoms with E-state index in [9.17, 15) is 9.59 Å². The molecule has 0 radical (unpaired) electrons. The quantitative estimate of drug-likeness (QED) is 0.699. The summed E-state index contributed by atoms with van der Waals surface area (Å²) in [4.78, 5) is 30.1. The van der Waals surface area contributed by atoms with Gasteiger partial charge in [-0.15, -0.1) is 0 Å². The Labute approximate surface area is 97.9 Å². The number of ketones is 2. The number of aryl methyl sites for hydroxylation is 1. The van der Waals surface area contributed by atoms with Gasteiger partial charge in [0, 0.05) is 18.8 Å². The molecule has 0 saturated carbocycles. The molecule has 2 aliphatic rings. The first-order valence-corrected chi connectivity index (χ1v) is 5.41. The van der Waals surface area contributed by atoms with Gasteiger partial charge in [-0.3, -0.25) is 9.59 Å². The van der Waals surface area contributed by atoms with Crippen molar-refractivity contribution in [3.05, 3.63) is 40.5 Å². The number of Topliss-reactive ketones (excluding diaryl/α,β-unsaturated/α-hetero) is 2. The van der Waals surface area contributed by atoms with Crippen molar-refractivity contribution in [3.8, 4) is 0 Å². The van der Waals surface area contributed by atoms with Gasteiger partial charge in [-0.05, 0) is 19.1 Å². The average Bonchev–Trinajstić information content (AvgIpc) is 3.10. The summed E-state index contributed by atoms with van der Waals surface area (Å²) in [5.74, 6) is -0.535. The maximum atomic E-state index is 12.2. The molecule has 1 aliphatic heterocycles. The Kier molecular flexibility index (Phi) is 1.86. The summed E-state index contributed by atoms with van der Waals surface area (Å²) in [7, 11) is 0. The van der Waals surface area contributed by atoms with Gasteiger partial charge in [0.25, 0.3) is 0 Å². The topological polar surface area (TPSA) is 76.1 Å². The van der Waals surface area contributed by atoms with E-state index in [-0.39, 0.29) is 23.0 Å². The standard InChI is InChI=1S/C12H11N3O2/c1-6-2-3-7-9(14-6)12(17)8(13)10(11(7)16)15-4-5-15/h2-3H,4-5,13H2,1H3. The van der Waals surface area contributed by atoms with Crippen LogP contribution in [0.25, 0.3) is 0 Å². The van der Waals surface area contributed by atoms with Crippen LogP contribution in [-0.4, -0.2) is 34.5 Å². The minimum Gasteiger partial charge on any atom is -0.394 e. The number of rotatable bonds is 1. The highest BCUT2D eigenvalue weighted by atomic mass is 16.1. The van der Waals surface area contributed by atoms with Gasteiger partial charge in [0.05, 0.1) is 5.56 Å². The van der Waals surface area contributed by atoms with E-state index in [2.05, 4.69) is 4.98 Å². The zero-order chi connectivity index (χ0) is 12.2. The third kappa shape index (κ3) is 1.35. The van der Waals surface area contributed by atoms with Crippen LogP contribution in [0.5, 0.6) is 0 Å². The third-order valence-electron chi connectivity index (χ3n) is 2.97. The SMILES string of the molecule is Cc1ccc2c(n1)C(=O)C(N)=C(N1CC1)C2=O. The molecule has 5 nitrogen and oxygen atoms in total. The van der Waals surface area contributed by atoms with E-state index < -0.39 is 0 Å². The van der Waals surface area contributed by atoms with Gasteiger partial charge in [-0.2, -0.15) is 0 Å². The van der Waals surface area contributed by atoms with Crippen molar-refractivity contribution in [2.24, 2.45) is 5.73 Å². The molecule has 5 heteroatoms. The van der Waals surface area contributed by atoms with E-state index in [0.717, 1.165) is 13.1 Å². The van der Waals surface area contributed by atoms with Gasteiger partial charge in [0.15, 0.2) is 0 Å². The number of allylic oxidation sites excluding steroid dienone is 2. The molecule has 0 bridgehead atoms. The zero-order valence-electron chi connectivity index (χ0n) is 9.36. The van der Waals surface area contributed by atoms with Crippen LogP contribution in [0, 0.1) is 6.92 Å². The molecule has 0 unspecified atom stereocenters. The van der Waals surface area contributed by atoms with E-state index in [1.54, 1.807) is 24.0 Å². The number of nitrogens with zero attached hydrogens (tertiary/aromatic N) is 2. The predicted molar refractivity (Wildman–Crippen MR) is 60.4 cm³/mol. The molecule has 1 fully saturated rings. The van der Waals surface area contributed by atoms with E-state index in [0.29, 0.717) is 17.0 Å². The first-order chi connectivity index (χ1) is 8.09. The highest BCUT2D eigenvalue weighted by molar-refractivity contribution is 6.25. The maximum absolute atomic E-state index is 12.2. The van der Waals surface area contributed by atoms with Crippen molar-refractivity contribution in [2.75, 3.05) is 13.1 Å². The Morgan fingerprint density at radius 3 is 2.59 bits per heavy atom. The molecule has 17 heavy (non-hydrogen) atoms. The summed E-state index contributed by atoms with van der Waals surface area (Å²) >= 11 is 0. The lowest BCUT2D eigenvalue weighted by atomic mass is 9.94. The number of fused-ring (bicyclic) bond motifs is 1. The fourth-order valence-electron chi connectivity index (χ4n) is 1.99. The fraction of sp³-hybridized carbons (Fsp3) is 0.250. The number of carbonyl (C=O) groups excluding carboxylic acids is 2. The number of nitrogens with two attached hydrogens (primary N) is 1. The van der Waals surface area contributed by atoms with Gasteiger partial charge in [-0.25, -0.2) is 4.98 Å². The molecular weight excluding hydrogens is 218 g/mol. The van der Waals surface area contributed by atoms with Crippen molar-refractivity contribution < 1.29 is 9.59 Å². The van der Waals surface area contributed by atoms with Crippen LogP contribution in [0.4, 0.5) is 0 Å². The van der Waals surface area contributed by atoms with Gasteiger partial charge in [-0.1, -0.05) is 0 Å². The molecule has 86 valence electrons.